The van der Waals surface area contributed by atoms with Crippen LogP contribution < -0.4 is 4.74 Å². The first kappa shape index (κ1) is 17.1. The van der Waals surface area contributed by atoms with Gasteiger partial charge in [-0.3, -0.25) is 4.79 Å². The van der Waals surface area contributed by atoms with E-state index in [1.165, 1.54) is 0 Å². The standard InChI is InChI=1S/C18H17Cl2NO3/c1-2-23-16-6-4-3-5-13(16)18-21(17(22)11-24-18)10-12-7-8-14(19)15(20)9-12/h3-9,18H,2,10-11H2,1H3. The summed E-state index contributed by atoms with van der Waals surface area (Å²) in [6, 6.07) is 12.9. The zero-order valence-electron chi connectivity index (χ0n) is 13.2. The van der Waals surface area contributed by atoms with E-state index in [9.17, 15) is 4.79 Å². The molecule has 1 unspecified atom stereocenters. The van der Waals surface area contributed by atoms with Crippen LogP contribution in [0.15, 0.2) is 42.5 Å². The van der Waals surface area contributed by atoms with Crippen molar-refractivity contribution in [2.24, 2.45) is 0 Å². The lowest BCUT2D eigenvalue weighted by Crippen LogP contribution is -2.28. The second kappa shape index (κ2) is 7.43. The number of ether oxygens (including phenoxy) is 2. The summed E-state index contributed by atoms with van der Waals surface area (Å²) in [7, 11) is 0. The molecule has 3 rings (SSSR count). The minimum Gasteiger partial charge on any atom is -0.493 e. The number of rotatable bonds is 5. The average Bonchev–Trinajstić information content (AvgIpc) is 2.93. The predicted octanol–water partition coefficient (Wildman–Crippen LogP) is 4.45. The summed E-state index contributed by atoms with van der Waals surface area (Å²) >= 11 is 12.0. The lowest BCUT2D eigenvalue weighted by atomic mass is 10.1. The molecule has 0 spiro atoms. The van der Waals surface area contributed by atoms with Gasteiger partial charge in [0.25, 0.3) is 5.91 Å². The Bertz CT molecular complexity index is 751. The number of carbonyl (C=O) groups is 1. The first-order chi connectivity index (χ1) is 11.6. The molecular weight excluding hydrogens is 349 g/mol. The predicted molar refractivity (Wildman–Crippen MR) is 93.3 cm³/mol. The van der Waals surface area contributed by atoms with E-state index in [1.54, 1.807) is 17.0 Å². The van der Waals surface area contributed by atoms with Gasteiger partial charge in [0.05, 0.1) is 16.7 Å². The van der Waals surface area contributed by atoms with E-state index in [4.69, 9.17) is 32.7 Å². The van der Waals surface area contributed by atoms with Crippen LogP contribution in [0.4, 0.5) is 0 Å². The highest BCUT2D eigenvalue weighted by Crippen LogP contribution is 2.35. The van der Waals surface area contributed by atoms with Crippen molar-refractivity contribution >= 4 is 29.1 Å². The summed E-state index contributed by atoms with van der Waals surface area (Å²) in [5.74, 6) is 0.649. The highest BCUT2D eigenvalue weighted by Gasteiger charge is 2.34. The van der Waals surface area contributed by atoms with Crippen LogP contribution in [0.1, 0.15) is 24.3 Å². The Kier molecular flexibility index (Phi) is 5.29. The zero-order chi connectivity index (χ0) is 17.1. The quantitative estimate of drug-likeness (QED) is 0.785. The van der Waals surface area contributed by atoms with Crippen molar-refractivity contribution in [1.29, 1.82) is 0 Å². The summed E-state index contributed by atoms with van der Waals surface area (Å²) in [6.07, 6.45) is -0.477. The molecular formula is C18H17Cl2NO3. The topological polar surface area (TPSA) is 38.8 Å². The second-order valence-corrected chi connectivity index (χ2v) is 6.22. The Hall–Kier alpha value is -1.75. The van der Waals surface area contributed by atoms with Crippen molar-refractivity contribution in [2.75, 3.05) is 13.2 Å². The monoisotopic (exact) mass is 365 g/mol. The number of para-hydroxylation sites is 1. The Balaban J connectivity index is 1.88. The summed E-state index contributed by atoms with van der Waals surface area (Å²) < 4.78 is 11.4. The Morgan fingerprint density at radius 2 is 2.00 bits per heavy atom. The fourth-order valence-corrected chi connectivity index (χ4v) is 3.01. The van der Waals surface area contributed by atoms with Crippen LogP contribution in [0, 0.1) is 0 Å². The highest BCUT2D eigenvalue weighted by atomic mass is 35.5. The Morgan fingerprint density at radius 3 is 2.75 bits per heavy atom. The molecule has 126 valence electrons. The minimum atomic E-state index is -0.477. The van der Waals surface area contributed by atoms with Crippen molar-refractivity contribution < 1.29 is 14.3 Å². The molecule has 1 heterocycles. The van der Waals surface area contributed by atoms with Gasteiger partial charge in [-0.25, -0.2) is 0 Å². The molecule has 0 aliphatic carbocycles. The third-order valence-electron chi connectivity index (χ3n) is 3.79. The number of halogens is 2. The third-order valence-corrected chi connectivity index (χ3v) is 4.53. The summed E-state index contributed by atoms with van der Waals surface area (Å²) in [4.78, 5) is 14.0. The van der Waals surface area contributed by atoms with Crippen LogP contribution in [0.2, 0.25) is 10.0 Å². The van der Waals surface area contributed by atoms with Crippen molar-refractivity contribution in [3.8, 4) is 5.75 Å². The third kappa shape index (κ3) is 3.51. The molecule has 4 nitrogen and oxygen atoms in total. The highest BCUT2D eigenvalue weighted by molar-refractivity contribution is 6.42. The van der Waals surface area contributed by atoms with Gasteiger partial charge in [-0.2, -0.15) is 0 Å². The van der Waals surface area contributed by atoms with Crippen molar-refractivity contribution in [2.45, 2.75) is 19.7 Å². The van der Waals surface area contributed by atoms with E-state index < -0.39 is 6.23 Å². The van der Waals surface area contributed by atoms with Gasteiger partial charge in [-0.05, 0) is 30.7 Å². The van der Waals surface area contributed by atoms with E-state index in [1.807, 2.05) is 37.3 Å². The number of amides is 1. The molecule has 0 saturated carbocycles. The normalized spacial score (nSPS) is 17.4. The molecule has 0 aromatic heterocycles. The molecule has 0 radical (unpaired) electrons. The van der Waals surface area contributed by atoms with E-state index in [0.29, 0.717) is 23.2 Å². The van der Waals surface area contributed by atoms with Crippen molar-refractivity contribution in [3.63, 3.8) is 0 Å². The molecule has 1 aliphatic rings. The van der Waals surface area contributed by atoms with Gasteiger partial charge in [0.2, 0.25) is 0 Å². The summed E-state index contributed by atoms with van der Waals surface area (Å²) in [6.45, 7) is 2.91. The second-order valence-electron chi connectivity index (χ2n) is 5.40. The van der Waals surface area contributed by atoms with Crippen molar-refractivity contribution in [1.82, 2.24) is 4.90 Å². The number of hydrogen-bond acceptors (Lipinski definition) is 3. The van der Waals surface area contributed by atoms with E-state index in [-0.39, 0.29) is 12.5 Å². The Morgan fingerprint density at radius 1 is 1.21 bits per heavy atom. The maximum absolute atomic E-state index is 12.3. The lowest BCUT2D eigenvalue weighted by molar-refractivity contribution is -0.128. The molecule has 24 heavy (non-hydrogen) atoms. The molecule has 1 aliphatic heterocycles. The molecule has 1 saturated heterocycles. The van der Waals surface area contributed by atoms with Crippen LogP contribution >= 0.6 is 23.2 Å². The van der Waals surface area contributed by atoms with Crippen LogP contribution in [-0.4, -0.2) is 24.0 Å². The smallest absolute Gasteiger partial charge is 0.251 e. The van der Waals surface area contributed by atoms with Crippen LogP contribution in [0.3, 0.4) is 0 Å². The van der Waals surface area contributed by atoms with Gasteiger partial charge in [-0.1, -0.05) is 47.5 Å². The fourth-order valence-electron chi connectivity index (χ4n) is 2.69. The maximum Gasteiger partial charge on any atom is 0.251 e. The number of benzene rings is 2. The van der Waals surface area contributed by atoms with Crippen LogP contribution in [0.5, 0.6) is 5.75 Å². The number of hydrogen-bond donors (Lipinski definition) is 0. The Labute approximate surface area is 150 Å². The zero-order valence-corrected chi connectivity index (χ0v) is 14.7. The number of nitrogens with zero attached hydrogens (tertiary/aromatic N) is 1. The first-order valence-electron chi connectivity index (χ1n) is 7.67. The average molecular weight is 366 g/mol. The summed E-state index contributed by atoms with van der Waals surface area (Å²) in [5.41, 5.74) is 1.73. The van der Waals surface area contributed by atoms with Crippen LogP contribution in [0.25, 0.3) is 0 Å². The molecule has 0 bridgehead atoms. The van der Waals surface area contributed by atoms with E-state index >= 15 is 0 Å². The molecule has 6 heteroatoms. The fraction of sp³-hybridized carbons (Fsp3) is 0.278. The molecule has 0 N–H and O–H groups in total. The van der Waals surface area contributed by atoms with Gasteiger partial charge < -0.3 is 14.4 Å². The minimum absolute atomic E-state index is 0.0481. The van der Waals surface area contributed by atoms with Gasteiger partial charge in [0.15, 0.2) is 6.23 Å². The largest absolute Gasteiger partial charge is 0.493 e. The van der Waals surface area contributed by atoms with Crippen LogP contribution in [-0.2, 0) is 16.1 Å². The van der Waals surface area contributed by atoms with Gasteiger partial charge in [0.1, 0.15) is 12.4 Å². The molecule has 1 amide bonds. The molecule has 1 atom stereocenters. The SMILES string of the molecule is CCOc1ccccc1C1OCC(=O)N1Cc1ccc(Cl)c(Cl)c1. The lowest BCUT2D eigenvalue weighted by Gasteiger charge is -2.25. The number of carbonyl (C=O) groups excluding carboxylic acids is 1. The molecule has 1 fully saturated rings. The van der Waals surface area contributed by atoms with Gasteiger partial charge in [-0.15, -0.1) is 0 Å². The van der Waals surface area contributed by atoms with Crippen molar-refractivity contribution in [3.05, 3.63) is 63.6 Å². The van der Waals surface area contributed by atoms with E-state index in [2.05, 4.69) is 0 Å². The first-order valence-corrected chi connectivity index (χ1v) is 8.42. The van der Waals surface area contributed by atoms with Gasteiger partial charge >= 0.3 is 0 Å². The summed E-state index contributed by atoms with van der Waals surface area (Å²) in [5, 5.41) is 0.954. The van der Waals surface area contributed by atoms with E-state index in [0.717, 1.165) is 16.9 Å². The van der Waals surface area contributed by atoms with Gasteiger partial charge in [0, 0.05) is 12.1 Å². The maximum atomic E-state index is 12.3. The molecule has 2 aromatic rings. The molecule has 2 aromatic carbocycles.